The molecule has 6 heteroatoms. The van der Waals surface area contributed by atoms with Gasteiger partial charge in [0, 0.05) is 17.2 Å². The van der Waals surface area contributed by atoms with Gasteiger partial charge in [0.15, 0.2) is 11.5 Å². The third-order valence-electron chi connectivity index (χ3n) is 5.95. The first-order chi connectivity index (χ1) is 14.6. The van der Waals surface area contributed by atoms with Crippen molar-refractivity contribution >= 4 is 28.8 Å². The van der Waals surface area contributed by atoms with Gasteiger partial charge in [-0.1, -0.05) is 56.3 Å². The number of nitrogens with one attached hydrogen (secondary N) is 2. The van der Waals surface area contributed by atoms with Crippen LogP contribution in [-0.4, -0.2) is 23.1 Å². The Bertz CT molecular complexity index is 923. The molecule has 1 aliphatic carbocycles. The number of hydrogen-bond acceptors (Lipinski definition) is 4. The summed E-state index contributed by atoms with van der Waals surface area (Å²) in [4.78, 5) is 4.98. The molecule has 0 saturated heterocycles. The standard InChI is InChI=1S/C24H30ClN3O2/c1-2-3-12-30-22-15-19-20(14-21(22)29)28-24(10-5-4-6-11-24)23(27-19)26-16-17-8-7-9-18(25)13-17/h7-9,13-15,28-29H,2-6,10-12,16H2,1H3,(H,26,27). The molecule has 0 radical (unpaired) electrons. The van der Waals surface area contributed by atoms with Crippen molar-refractivity contribution < 1.29 is 9.84 Å². The van der Waals surface area contributed by atoms with Crippen molar-refractivity contribution in [3.63, 3.8) is 0 Å². The van der Waals surface area contributed by atoms with Crippen LogP contribution in [0.4, 0.5) is 11.4 Å². The molecule has 5 nitrogen and oxygen atoms in total. The van der Waals surface area contributed by atoms with E-state index in [9.17, 15) is 5.11 Å². The molecular weight excluding hydrogens is 398 g/mol. The molecule has 0 amide bonds. The number of hydrogen-bond donors (Lipinski definition) is 3. The Morgan fingerprint density at radius 3 is 2.73 bits per heavy atom. The van der Waals surface area contributed by atoms with E-state index in [1.807, 2.05) is 30.3 Å². The van der Waals surface area contributed by atoms with E-state index in [0.717, 1.165) is 66.3 Å². The van der Waals surface area contributed by atoms with Gasteiger partial charge in [-0.05, 0) is 37.0 Å². The van der Waals surface area contributed by atoms with Gasteiger partial charge in [-0.25, -0.2) is 0 Å². The number of nitrogens with zero attached hydrogens (tertiary/aromatic N) is 1. The molecule has 1 aliphatic heterocycles. The van der Waals surface area contributed by atoms with Crippen molar-refractivity contribution in [1.29, 1.82) is 0 Å². The molecule has 1 heterocycles. The van der Waals surface area contributed by atoms with Gasteiger partial charge in [0.1, 0.15) is 5.84 Å². The Morgan fingerprint density at radius 1 is 1.13 bits per heavy atom. The monoisotopic (exact) mass is 427 g/mol. The zero-order chi connectivity index (χ0) is 21.0. The van der Waals surface area contributed by atoms with Crippen LogP contribution in [0.25, 0.3) is 0 Å². The Labute approximate surface area is 183 Å². The number of rotatable bonds is 6. The predicted molar refractivity (Wildman–Crippen MR) is 124 cm³/mol. The Morgan fingerprint density at radius 2 is 1.97 bits per heavy atom. The van der Waals surface area contributed by atoms with E-state index in [-0.39, 0.29) is 11.3 Å². The molecule has 0 bridgehead atoms. The number of unbranched alkanes of at least 4 members (excludes halogenated alkanes) is 1. The van der Waals surface area contributed by atoms with Gasteiger partial charge in [0.05, 0.1) is 30.1 Å². The fourth-order valence-corrected chi connectivity index (χ4v) is 4.51. The van der Waals surface area contributed by atoms with Crippen molar-refractivity contribution in [2.45, 2.75) is 64.0 Å². The van der Waals surface area contributed by atoms with E-state index in [0.29, 0.717) is 18.9 Å². The number of phenolic OH excluding ortho intramolecular Hbond substituents is 1. The summed E-state index contributed by atoms with van der Waals surface area (Å²) in [6.45, 7) is 3.28. The minimum absolute atomic E-state index is 0.171. The molecule has 30 heavy (non-hydrogen) atoms. The van der Waals surface area contributed by atoms with E-state index in [2.05, 4.69) is 17.6 Å². The largest absolute Gasteiger partial charge is 0.504 e. The fraction of sp³-hybridized carbons (Fsp3) is 0.458. The van der Waals surface area contributed by atoms with Gasteiger partial charge in [-0.3, -0.25) is 4.99 Å². The molecule has 2 aliphatic rings. The molecular formula is C24H30ClN3O2. The lowest BCUT2D eigenvalue weighted by molar-refractivity contribution is 0.293. The average molecular weight is 428 g/mol. The summed E-state index contributed by atoms with van der Waals surface area (Å²) in [5, 5.41) is 18.5. The summed E-state index contributed by atoms with van der Waals surface area (Å²) in [5.74, 6) is 1.63. The van der Waals surface area contributed by atoms with Crippen LogP contribution >= 0.6 is 11.6 Å². The van der Waals surface area contributed by atoms with Crippen LogP contribution in [-0.2, 0) is 6.54 Å². The first kappa shape index (κ1) is 20.9. The summed E-state index contributed by atoms with van der Waals surface area (Å²) in [5.41, 5.74) is 2.66. The highest BCUT2D eigenvalue weighted by Gasteiger charge is 2.41. The first-order valence-corrected chi connectivity index (χ1v) is 11.3. The predicted octanol–water partition coefficient (Wildman–Crippen LogP) is 6.36. The molecule has 0 atom stereocenters. The topological polar surface area (TPSA) is 65.9 Å². The number of benzene rings is 2. The fourth-order valence-electron chi connectivity index (χ4n) is 4.30. The highest BCUT2D eigenvalue weighted by Crippen LogP contribution is 2.44. The lowest BCUT2D eigenvalue weighted by Gasteiger charge is -2.44. The quantitative estimate of drug-likeness (QED) is 0.370. The van der Waals surface area contributed by atoms with Gasteiger partial charge in [0.2, 0.25) is 0 Å². The zero-order valence-electron chi connectivity index (χ0n) is 17.5. The second-order valence-electron chi connectivity index (χ2n) is 8.26. The number of anilines is 2. The highest BCUT2D eigenvalue weighted by molar-refractivity contribution is 6.30. The van der Waals surface area contributed by atoms with Crippen LogP contribution < -0.4 is 15.4 Å². The molecule has 0 unspecified atom stereocenters. The summed E-state index contributed by atoms with van der Waals surface area (Å²) in [6.07, 6.45) is 7.60. The van der Waals surface area contributed by atoms with Crippen LogP contribution in [0.1, 0.15) is 57.4 Å². The normalized spacial score (nSPS) is 18.5. The van der Waals surface area contributed by atoms with Crippen LogP contribution in [0.5, 0.6) is 11.5 Å². The van der Waals surface area contributed by atoms with Crippen molar-refractivity contribution in [3.05, 3.63) is 47.0 Å². The summed E-state index contributed by atoms with van der Waals surface area (Å²) in [7, 11) is 0. The van der Waals surface area contributed by atoms with Crippen LogP contribution in [0, 0.1) is 0 Å². The first-order valence-electron chi connectivity index (χ1n) is 10.9. The second-order valence-corrected chi connectivity index (χ2v) is 8.69. The summed E-state index contributed by atoms with van der Waals surface area (Å²) >= 11 is 6.15. The third kappa shape index (κ3) is 4.51. The van der Waals surface area contributed by atoms with Gasteiger partial charge in [-0.2, -0.15) is 0 Å². The van der Waals surface area contributed by atoms with Gasteiger partial charge in [0.25, 0.3) is 0 Å². The minimum atomic E-state index is -0.221. The van der Waals surface area contributed by atoms with Crippen LogP contribution in [0.15, 0.2) is 41.4 Å². The van der Waals surface area contributed by atoms with E-state index in [4.69, 9.17) is 21.3 Å². The number of ether oxygens (including phenoxy) is 1. The zero-order valence-corrected chi connectivity index (χ0v) is 18.3. The lowest BCUT2D eigenvalue weighted by Crippen LogP contribution is -2.53. The Hall–Kier alpha value is -2.40. The Kier molecular flexibility index (Phi) is 6.38. The second kappa shape index (κ2) is 9.17. The molecule has 0 aromatic heterocycles. The summed E-state index contributed by atoms with van der Waals surface area (Å²) in [6, 6.07) is 11.5. The summed E-state index contributed by atoms with van der Waals surface area (Å²) < 4.78 is 5.79. The van der Waals surface area contributed by atoms with Gasteiger partial charge < -0.3 is 20.5 Å². The molecule has 2 aromatic carbocycles. The van der Waals surface area contributed by atoms with E-state index >= 15 is 0 Å². The average Bonchev–Trinajstić information content (AvgIpc) is 2.74. The number of aromatic hydroxyl groups is 1. The Balaban J connectivity index is 1.63. The number of fused-ring (bicyclic) bond motifs is 1. The van der Waals surface area contributed by atoms with E-state index in [1.54, 1.807) is 6.07 Å². The van der Waals surface area contributed by atoms with Crippen molar-refractivity contribution in [2.24, 2.45) is 4.99 Å². The molecule has 1 spiro atoms. The SMILES string of the molecule is CCCCOc1cc2c(cc1O)NC1(CCCCC1)C(=NCc1cccc(Cl)c1)N2. The molecule has 1 saturated carbocycles. The smallest absolute Gasteiger partial charge is 0.163 e. The molecule has 3 N–H and O–H groups in total. The molecule has 2 aromatic rings. The number of halogens is 1. The maximum Gasteiger partial charge on any atom is 0.163 e. The lowest BCUT2D eigenvalue weighted by atomic mass is 9.79. The van der Waals surface area contributed by atoms with Crippen LogP contribution in [0.3, 0.4) is 0 Å². The number of phenols is 1. The molecule has 1 fully saturated rings. The number of amidine groups is 1. The van der Waals surface area contributed by atoms with Crippen LogP contribution in [0.2, 0.25) is 5.02 Å². The maximum atomic E-state index is 10.5. The van der Waals surface area contributed by atoms with Gasteiger partial charge >= 0.3 is 0 Å². The number of aliphatic imine (C=N–C) groups is 1. The van der Waals surface area contributed by atoms with Crippen molar-refractivity contribution in [2.75, 3.05) is 17.2 Å². The van der Waals surface area contributed by atoms with E-state index < -0.39 is 0 Å². The molecule has 160 valence electrons. The maximum absolute atomic E-state index is 10.5. The van der Waals surface area contributed by atoms with Gasteiger partial charge in [-0.15, -0.1) is 0 Å². The minimum Gasteiger partial charge on any atom is -0.504 e. The van der Waals surface area contributed by atoms with E-state index in [1.165, 1.54) is 6.42 Å². The molecule has 4 rings (SSSR count). The third-order valence-corrected chi connectivity index (χ3v) is 6.19. The van der Waals surface area contributed by atoms with Crippen molar-refractivity contribution in [1.82, 2.24) is 0 Å². The highest BCUT2D eigenvalue weighted by atomic mass is 35.5. The van der Waals surface area contributed by atoms with Crippen molar-refractivity contribution in [3.8, 4) is 11.5 Å².